The first-order chi connectivity index (χ1) is 10.6. The van der Waals surface area contributed by atoms with Crippen molar-refractivity contribution in [3.8, 4) is 0 Å². The Hall–Kier alpha value is -2.13. The van der Waals surface area contributed by atoms with Crippen molar-refractivity contribution < 1.29 is 15.0 Å². The molecule has 1 aliphatic rings. The molecule has 0 unspecified atom stereocenters. The van der Waals surface area contributed by atoms with Crippen LogP contribution in [0.25, 0.3) is 0 Å². The number of benzene rings is 2. The highest BCUT2D eigenvalue weighted by atomic mass is 16.4. The molecule has 0 saturated heterocycles. The van der Waals surface area contributed by atoms with Crippen LogP contribution in [0.3, 0.4) is 0 Å². The maximum Gasteiger partial charge on any atom is 0.314 e. The van der Waals surface area contributed by atoms with Gasteiger partial charge in [-0.1, -0.05) is 60.7 Å². The van der Waals surface area contributed by atoms with Crippen molar-refractivity contribution in [2.45, 2.75) is 36.7 Å². The zero-order valence-electron chi connectivity index (χ0n) is 12.4. The molecule has 0 aliphatic heterocycles. The van der Waals surface area contributed by atoms with Crippen LogP contribution in [0.1, 0.15) is 36.8 Å². The second-order valence-electron chi connectivity index (χ2n) is 6.15. The summed E-state index contributed by atoms with van der Waals surface area (Å²) >= 11 is 0. The lowest BCUT2D eigenvalue weighted by atomic mass is 9.64. The lowest BCUT2D eigenvalue weighted by Gasteiger charge is -2.42. The van der Waals surface area contributed by atoms with Gasteiger partial charge in [-0.25, -0.2) is 0 Å². The fourth-order valence-corrected chi connectivity index (χ4v) is 3.51. The largest absolute Gasteiger partial charge is 0.481 e. The molecule has 3 nitrogen and oxygen atoms in total. The van der Waals surface area contributed by atoms with E-state index in [0.717, 1.165) is 11.1 Å². The standard InChI is InChI=1S/C19H20O3/c20-17(21)18(15-7-3-1-4-8-15)11-13-19(22,14-12-18)16-9-5-2-6-10-16/h1-10,22H,11-14H2,(H,20,21). The van der Waals surface area contributed by atoms with E-state index in [0.29, 0.717) is 25.7 Å². The molecule has 2 aromatic carbocycles. The number of hydrogen-bond acceptors (Lipinski definition) is 2. The molecule has 0 heterocycles. The lowest BCUT2D eigenvalue weighted by molar-refractivity contribution is -0.148. The Morgan fingerprint density at radius 1 is 0.773 bits per heavy atom. The molecule has 2 aromatic rings. The maximum atomic E-state index is 11.9. The number of carbonyl (C=O) groups is 1. The first-order valence-electron chi connectivity index (χ1n) is 7.64. The first-order valence-corrected chi connectivity index (χ1v) is 7.64. The molecule has 0 radical (unpaired) electrons. The van der Waals surface area contributed by atoms with Gasteiger partial charge < -0.3 is 10.2 Å². The van der Waals surface area contributed by atoms with E-state index in [1.54, 1.807) is 0 Å². The Morgan fingerprint density at radius 3 is 1.68 bits per heavy atom. The van der Waals surface area contributed by atoms with E-state index in [4.69, 9.17) is 0 Å². The molecule has 1 fully saturated rings. The molecule has 3 rings (SSSR count). The number of hydrogen-bond donors (Lipinski definition) is 2. The summed E-state index contributed by atoms with van der Waals surface area (Å²) < 4.78 is 0. The van der Waals surface area contributed by atoms with Gasteiger partial charge in [0.25, 0.3) is 0 Å². The van der Waals surface area contributed by atoms with Gasteiger partial charge in [0.05, 0.1) is 11.0 Å². The minimum absolute atomic E-state index is 0.442. The molecular weight excluding hydrogens is 276 g/mol. The van der Waals surface area contributed by atoms with Crippen molar-refractivity contribution in [3.63, 3.8) is 0 Å². The number of carboxylic acid groups (broad SMARTS) is 1. The van der Waals surface area contributed by atoms with Gasteiger partial charge in [0, 0.05) is 0 Å². The number of carboxylic acids is 1. The Kier molecular flexibility index (Phi) is 3.75. The third kappa shape index (κ3) is 2.42. The summed E-state index contributed by atoms with van der Waals surface area (Å²) in [4.78, 5) is 11.9. The van der Waals surface area contributed by atoms with Gasteiger partial charge in [0.15, 0.2) is 0 Å². The molecule has 3 heteroatoms. The molecule has 22 heavy (non-hydrogen) atoms. The highest BCUT2D eigenvalue weighted by molar-refractivity contribution is 5.81. The highest BCUT2D eigenvalue weighted by Crippen LogP contribution is 2.47. The van der Waals surface area contributed by atoms with E-state index >= 15 is 0 Å². The van der Waals surface area contributed by atoms with Gasteiger partial charge >= 0.3 is 5.97 Å². The Morgan fingerprint density at radius 2 is 1.23 bits per heavy atom. The Labute approximate surface area is 130 Å². The van der Waals surface area contributed by atoms with Gasteiger partial charge in [0.2, 0.25) is 0 Å². The quantitative estimate of drug-likeness (QED) is 0.912. The van der Waals surface area contributed by atoms with Crippen LogP contribution < -0.4 is 0 Å². The molecule has 0 aromatic heterocycles. The van der Waals surface area contributed by atoms with Crippen LogP contribution in [0.2, 0.25) is 0 Å². The summed E-state index contributed by atoms with van der Waals surface area (Å²) in [6.45, 7) is 0. The summed E-state index contributed by atoms with van der Waals surface area (Å²) in [6, 6.07) is 18.9. The van der Waals surface area contributed by atoms with Gasteiger partial charge in [-0.2, -0.15) is 0 Å². The van der Waals surface area contributed by atoms with E-state index in [2.05, 4.69) is 0 Å². The van der Waals surface area contributed by atoms with Crippen molar-refractivity contribution in [2.24, 2.45) is 0 Å². The molecule has 1 aliphatic carbocycles. The predicted molar refractivity (Wildman–Crippen MR) is 84.6 cm³/mol. The molecule has 0 bridgehead atoms. The zero-order valence-corrected chi connectivity index (χ0v) is 12.4. The van der Waals surface area contributed by atoms with E-state index in [9.17, 15) is 15.0 Å². The molecular formula is C19H20O3. The topological polar surface area (TPSA) is 57.5 Å². The number of aliphatic carboxylic acids is 1. The average molecular weight is 296 g/mol. The van der Waals surface area contributed by atoms with Crippen LogP contribution in [0.4, 0.5) is 0 Å². The normalized spacial score (nSPS) is 28.2. The molecule has 1 saturated carbocycles. The van der Waals surface area contributed by atoms with E-state index in [-0.39, 0.29) is 0 Å². The smallest absolute Gasteiger partial charge is 0.314 e. The van der Waals surface area contributed by atoms with Gasteiger partial charge in [-0.15, -0.1) is 0 Å². The highest BCUT2D eigenvalue weighted by Gasteiger charge is 2.48. The average Bonchev–Trinajstić information content (AvgIpc) is 2.57. The fraction of sp³-hybridized carbons (Fsp3) is 0.316. The van der Waals surface area contributed by atoms with Crippen molar-refractivity contribution in [2.75, 3.05) is 0 Å². The molecule has 0 atom stereocenters. The summed E-state index contributed by atoms with van der Waals surface area (Å²) in [5.74, 6) is -0.797. The van der Waals surface area contributed by atoms with Crippen LogP contribution in [-0.4, -0.2) is 16.2 Å². The van der Waals surface area contributed by atoms with Gasteiger partial charge in [-0.05, 0) is 36.8 Å². The fourth-order valence-electron chi connectivity index (χ4n) is 3.51. The van der Waals surface area contributed by atoms with Gasteiger partial charge in [-0.3, -0.25) is 4.79 Å². The Balaban J connectivity index is 1.89. The zero-order chi connectivity index (χ0) is 15.6. The summed E-state index contributed by atoms with van der Waals surface area (Å²) in [5, 5.41) is 20.7. The molecule has 114 valence electrons. The van der Waals surface area contributed by atoms with E-state index in [1.807, 2.05) is 60.7 Å². The van der Waals surface area contributed by atoms with Crippen LogP contribution in [-0.2, 0) is 15.8 Å². The van der Waals surface area contributed by atoms with Crippen LogP contribution >= 0.6 is 0 Å². The number of rotatable bonds is 3. The van der Waals surface area contributed by atoms with E-state index in [1.165, 1.54) is 0 Å². The molecule has 2 N–H and O–H groups in total. The summed E-state index contributed by atoms with van der Waals surface area (Å²) in [7, 11) is 0. The maximum absolute atomic E-state index is 11.9. The minimum atomic E-state index is -0.922. The van der Waals surface area contributed by atoms with Crippen LogP contribution in [0.15, 0.2) is 60.7 Å². The molecule has 0 amide bonds. The van der Waals surface area contributed by atoms with Crippen molar-refractivity contribution >= 4 is 5.97 Å². The van der Waals surface area contributed by atoms with Gasteiger partial charge in [0.1, 0.15) is 0 Å². The van der Waals surface area contributed by atoms with Crippen LogP contribution in [0.5, 0.6) is 0 Å². The lowest BCUT2D eigenvalue weighted by Crippen LogP contribution is -2.44. The minimum Gasteiger partial charge on any atom is -0.481 e. The second kappa shape index (κ2) is 5.58. The molecule has 0 spiro atoms. The summed E-state index contributed by atoms with van der Waals surface area (Å²) in [5.41, 5.74) is -0.100. The number of aliphatic hydroxyl groups is 1. The second-order valence-corrected chi connectivity index (χ2v) is 6.15. The summed E-state index contributed by atoms with van der Waals surface area (Å²) in [6.07, 6.45) is 1.80. The third-order valence-electron chi connectivity index (χ3n) is 4.98. The van der Waals surface area contributed by atoms with Crippen LogP contribution in [0, 0.1) is 0 Å². The third-order valence-corrected chi connectivity index (χ3v) is 4.98. The predicted octanol–water partition coefficient (Wildman–Crippen LogP) is 3.47. The van der Waals surface area contributed by atoms with E-state index < -0.39 is 17.0 Å². The first kappa shape index (κ1) is 14.8. The monoisotopic (exact) mass is 296 g/mol. The Bertz CT molecular complexity index is 641. The SMILES string of the molecule is O=C(O)C1(c2ccccc2)CCC(O)(c2ccccc2)CC1. The van der Waals surface area contributed by atoms with Crippen molar-refractivity contribution in [3.05, 3.63) is 71.8 Å². The van der Waals surface area contributed by atoms with Crippen molar-refractivity contribution in [1.82, 2.24) is 0 Å². The van der Waals surface area contributed by atoms with Crippen molar-refractivity contribution in [1.29, 1.82) is 0 Å².